The van der Waals surface area contributed by atoms with Gasteiger partial charge < -0.3 is 15.0 Å². The Morgan fingerprint density at radius 3 is 2.62 bits per heavy atom. The molecule has 6 nitrogen and oxygen atoms in total. The molecule has 0 unspecified atom stereocenters. The van der Waals surface area contributed by atoms with Crippen LogP contribution in [0.4, 0.5) is 0 Å². The number of pyridine rings is 1. The Morgan fingerprint density at radius 1 is 1.29 bits per heavy atom. The van der Waals surface area contributed by atoms with Crippen LogP contribution in [0, 0.1) is 12.8 Å². The first-order valence-corrected chi connectivity index (χ1v) is 7.09. The maximum absolute atomic E-state index is 12.5. The molecule has 21 heavy (non-hydrogen) atoms. The molecule has 0 atom stereocenters. The number of likely N-dealkylation sites (tertiary alicyclic amines) is 1. The Bertz CT molecular complexity index is 699. The third kappa shape index (κ3) is 2.49. The summed E-state index contributed by atoms with van der Waals surface area (Å²) in [4.78, 5) is 29.8. The van der Waals surface area contributed by atoms with Crippen molar-refractivity contribution < 1.29 is 9.59 Å². The van der Waals surface area contributed by atoms with E-state index in [1.54, 1.807) is 11.1 Å². The van der Waals surface area contributed by atoms with Gasteiger partial charge in [0, 0.05) is 30.9 Å². The topological polar surface area (TPSA) is 80.7 Å². The summed E-state index contributed by atoms with van der Waals surface area (Å²) in [5, 5.41) is 0. The molecule has 0 radical (unpaired) electrons. The van der Waals surface area contributed by atoms with Crippen molar-refractivity contribution in [3.63, 3.8) is 0 Å². The van der Waals surface area contributed by atoms with E-state index in [1.807, 2.05) is 29.5 Å². The Kier molecular flexibility index (Phi) is 3.37. The van der Waals surface area contributed by atoms with Gasteiger partial charge >= 0.3 is 0 Å². The maximum Gasteiger partial charge on any atom is 0.274 e. The van der Waals surface area contributed by atoms with E-state index in [-0.39, 0.29) is 17.7 Å². The molecule has 2 amide bonds. The number of carbonyl (C=O) groups is 2. The quantitative estimate of drug-likeness (QED) is 0.893. The predicted octanol–water partition coefficient (Wildman–Crippen LogP) is 0.980. The molecule has 2 N–H and O–H groups in total. The molecule has 1 aliphatic rings. The number of aryl methyl sites for hydroxylation is 1. The monoisotopic (exact) mass is 286 g/mol. The summed E-state index contributed by atoms with van der Waals surface area (Å²) < 4.78 is 1.91. The van der Waals surface area contributed by atoms with Crippen LogP contribution in [0.2, 0.25) is 0 Å². The van der Waals surface area contributed by atoms with Crippen LogP contribution in [0.25, 0.3) is 5.65 Å². The number of carbonyl (C=O) groups excluding carboxylic acids is 2. The van der Waals surface area contributed by atoms with Crippen LogP contribution in [0.3, 0.4) is 0 Å². The highest BCUT2D eigenvalue weighted by Gasteiger charge is 2.27. The number of aromatic nitrogens is 2. The summed E-state index contributed by atoms with van der Waals surface area (Å²) in [6.45, 7) is 3.08. The summed E-state index contributed by atoms with van der Waals surface area (Å²) >= 11 is 0. The second kappa shape index (κ2) is 5.20. The number of nitrogens with two attached hydrogens (primary N) is 1. The van der Waals surface area contributed by atoms with E-state index in [1.165, 1.54) is 0 Å². The van der Waals surface area contributed by atoms with Gasteiger partial charge in [0.25, 0.3) is 5.91 Å². The van der Waals surface area contributed by atoms with Crippen molar-refractivity contribution >= 4 is 17.5 Å². The number of hydrogen-bond donors (Lipinski definition) is 1. The normalized spacial score (nSPS) is 16.3. The molecule has 0 aromatic carbocycles. The van der Waals surface area contributed by atoms with Gasteiger partial charge in [0.2, 0.25) is 5.91 Å². The highest BCUT2D eigenvalue weighted by molar-refractivity contribution is 5.93. The SMILES string of the molecule is Cc1cccc2nc(C(=O)N3CCC(C(N)=O)CC3)cn12. The molecule has 0 saturated carbocycles. The third-order valence-electron chi connectivity index (χ3n) is 4.10. The van der Waals surface area contributed by atoms with E-state index in [0.717, 1.165) is 11.3 Å². The van der Waals surface area contributed by atoms with E-state index in [2.05, 4.69) is 4.98 Å². The number of imidazole rings is 1. The molecular weight excluding hydrogens is 268 g/mol. The molecule has 1 fully saturated rings. The first-order chi connectivity index (χ1) is 10.1. The van der Waals surface area contributed by atoms with Crippen LogP contribution in [0.1, 0.15) is 29.0 Å². The molecule has 0 aliphatic carbocycles. The van der Waals surface area contributed by atoms with E-state index < -0.39 is 0 Å². The summed E-state index contributed by atoms with van der Waals surface area (Å²) in [6, 6.07) is 5.77. The largest absolute Gasteiger partial charge is 0.369 e. The standard InChI is InChI=1S/C15H18N4O2/c1-10-3-2-4-13-17-12(9-19(10)13)15(21)18-7-5-11(6-8-18)14(16)20/h2-4,9,11H,5-8H2,1H3,(H2,16,20). The zero-order valence-corrected chi connectivity index (χ0v) is 12.0. The molecule has 3 heterocycles. The molecule has 3 rings (SSSR count). The van der Waals surface area contributed by atoms with Gasteiger partial charge in [-0.2, -0.15) is 0 Å². The minimum atomic E-state index is -0.273. The van der Waals surface area contributed by atoms with Crippen LogP contribution in [0.15, 0.2) is 24.4 Å². The van der Waals surface area contributed by atoms with E-state index >= 15 is 0 Å². The fraction of sp³-hybridized carbons (Fsp3) is 0.400. The molecule has 110 valence electrons. The van der Waals surface area contributed by atoms with Gasteiger partial charge in [-0.05, 0) is 31.9 Å². The van der Waals surface area contributed by atoms with Crippen molar-refractivity contribution in [2.24, 2.45) is 11.7 Å². The number of primary amides is 1. The molecule has 6 heteroatoms. The number of hydrogen-bond acceptors (Lipinski definition) is 3. The number of nitrogens with zero attached hydrogens (tertiary/aromatic N) is 3. The summed E-state index contributed by atoms with van der Waals surface area (Å²) in [7, 11) is 0. The van der Waals surface area contributed by atoms with Gasteiger partial charge in [-0.1, -0.05) is 6.07 Å². The van der Waals surface area contributed by atoms with Gasteiger partial charge in [-0.15, -0.1) is 0 Å². The minimum absolute atomic E-state index is 0.0824. The van der Waals surface area contributed by atoms with Gasteiger partial charge in [0.1, 0.15) is 11.3 Å². The molecule has 0 spiro atoms. The van der Waals surface area contributed by atoms with Gasteiger partial charge in [-0.3, -0.25) is 9.59 Å². The lowest BCUT2D eigenvalue weighted by Gasteiger charge is -2.29. The van der Waals surface area contributed by atoms with Crippen molar-refractivity contribution in [1.82, 2.24) is 14.3 Å². The molecule has 1 aliphatic heterocycles. The number of fused-ring (bicyclic) bond motifs is 1. The zero-order valence-electron chi connectivity index (χ0n) is 12.0. The number of amides is 2. The molecule has 0 bridgehead atoms. The van der Waals surface area contributed by atoms with Crippen molar-refractivity contribution in [2.75, 3.05) is 13.1 Å². The Balaban J connectivity index is 1.78. The van der Waals surface area contributed by atoms with Crippen LogP contribution >= 0.6 is 0 Å². The zero-order chi connectivity index (χ0) is 15.0. The Hall–Kier alpha value is -2.37. The average molecular weight is 286 g/mol. The lowest BCUT2D eigenvalue weighted by atomic mass is 9.96. The fourth-order valence-electron chi connectivity index (χ4n) is 2.78. The molecular formula is C15H18N4O2. The minimum Gasteiger partial charge on any atom is -0.369 e. The second-order valence-electron chi connectivity index (χ2n) is 5.49. The second-order valence-corrected chi connectivity index (χ2v) is 5.49. The smallest absolute Gasteiger partial charge is 0.274 e. The summed E-state index contributed by atoms with van der Waals surface area (Å²) in [5.74, 6) is -0.469. The highest BCUT2D eigenvalue weighted by atomic mass is 16.2. The van der Waals surface area contributed by atoms with Crippen LogP contribution < -0.4 is 5.73 Å². The van der Waals surface area contributed by atoms with E-state index in [0.29, 0.717) is 31.6 Å². The molecule has 2 aromatic rings. The van der Waals surface area contributed by atoms with Gasteiger partial charge in [-0.25, -0.2) is 4.98 Å². The van der Waals surface area contributed by atoms with E-state index in [4.69, 9.17) is 5.73 Å². The number of rotatable bonds is 2. The third-order valence-corrected chi connectivity index (χ3v) is 4.10. The van der Waals surface area contributed by atoms with Crippen molar-refractivity contribution in [3.05, 3.63) is 35.8 Å². The number of piperidine rings is 1. The Morgan fingerprint density at radius 2 is 2.00 bits per heavy atom. The fourth-order valence-corrected chi connectivity index (χ4v) is 2.78. The first kappa shape index (κ1) is 13.6. The van der Waals surface area contributed by atoms with E-state index in [9.17, 15) is 9.59 Å². The van der Waals surface area contributed by atoms with Crippen LogP contribution in [0.5, 0.6) is 0 Å². The summed E-state index contributed by atoms with van der Waals surface area (Å²) in [5.41, 5.74) is 7.56. The van der Waals surface area contributed by atoms with Crippen molar-refractivity contribution in [1.29, 1.82) is 0 Å². The average Bonchev–Trinajstić information content (AvgIpc) is 2.92. The lowest BCUT2D eigenvalue weighted by Crippen LogP contribution is -2.41. The van der Waals surface area contributed by atoms with Crippen LogP contribution in [-0.2, 0) is 4.79 Å². The van der Waals surface area contributed by atoms with Crippen molar-refractivity contribution in [2.45, 2.75) is 19.8 Å². The Labute approximate surface area is 122 Å². The van der Waals surface area contributed by atoms with Crippen molar-refractivity contribution in [3.8, 4) is 0 Å². The highest BCUT2D eigenvalue weighted by Crippen LogP contribution is 2.19. The van der Waals surface area contributed by atoms with Crippen LogP contribution in [-0.4, -0.2) is 39.2 Å². The van der Waals surface area contributed by atoms with Gasteiger partial charge in [0.15, 0.2) is 0 Å². The predicted molar refractivity (Wildman–Crippen MR) is 77.8 cm³/mol. The van der Waals surface area contributed by atoms with Gasteiger partial charge in [0.05, 0.1) is 0 Å². The maximum atomic E-state index is 12.5. The molecule has 1 saturated heterocycles. The lowest BCUT2D eigenvalue weighted by molar-refractivity contribution is -0.123. The molecule has 2 aromatic heterocycles. The first-order valence-electron chi connectivity index (χ1n) is 7.09. The summed E-state index contributed by atoms with van der Waals surface area (Å²) in [6.07, 6.45) is 3.04.